The van der Waals surface area contributed by atoms with Crippen LogP contribution in [0.5, 0.6) is 0 Å². The van der Waals surface area contributed by atoms with Gasteiger partial charge in [-0.1, -0.05) is 36.4 Å². The van der Waals surface area contributed by atoms with Crippen molar-refractivity contribution >= 4 is 23.6 Å². The molecule has 0 unspecified atom stereocenters. The monoisotopic (exact) mass is 401 g/mol. The van der Waals surface area contributed by atoms with Crippen molar-refractivity contribution in [2.24, 2.45) is 15.9 Å². The molecule has 2 N–H and O–H groups in total. The van der Waals surface area contributed by atoms with E-state index in [0.717, 1.165) is 19.5 Å². The zero-order valence-corrected chi connectivity index (χ0v) is 16.0. The van der Waals surface area contributed by atoms with Gasteiger partial charge in [0.1, 0.15) is 11.5 Å². The van der Waals surface area contributed by atoms with Crippen molar-refractivity contribution < 1.29 is 4.92 Å². The van der Waals surface area contributed by atoms with E-state index in [1.54, 1.807) is 24.4 Å². The Kier molecular flexibility index (Phi) is 5.42. The molecule has 3 aromatic rings. The van der Waals surface area contributed by atoms with Gasteiger partial charge < -0.3 is 10.6 Å². The topological polar surface area (TPSA) is 123 Å². The summed E-state index contributed by atoms with van der Waals surface area (Å²) in [7, 11) is 0. The number of nitro benzene ring substituents is 1. The lowest BCUT2D eigenvalue weighted by atomic mass is 10.00. The number of hydrogen-bond acceptors (Lipinski definition) is 7. The second-order valence-corrected chi connectivity index (χ2v) is 6.75. The normalized spacial score (nSPS) is 14.0. The number of nitro groups is 1. The van der Waals surface area contributed by atoms with Crippen LogP contribution in [0.1, 0.15) is 22.4 Å². The Morgan fingerprint density at radius 2 is 1.90 bits per heavy atom. The number of anilines is 1. The summed E-state index contributed by atoms with van der Waals surface area (Å²) in [6.45, 7) is 1.59. The van der Waals surface area contributed by atoms with Crippen LogP contribution in [0.25, 0.3) is 0 Å². The van der Waals surface area contributed by atoms with Crippen molar-refractivity contribution in [3.05, 3.63) is 93.4 Å². The summed E-state index contributed by atoms with van der Waals surface area (Å²) in [5.41, 5.74) is 9.31. The Morgan fingerprint density at radius 3 is 2.73 bits per heavy atom. The zero-order chi connectivity index (χ0) is 20.9. The van der Waals surface area contributed by atoms with Gasteiger partial charge in [0.2, 0.25) is 0 Å². The molecule has 0 spiro atoms. The van der Waals surface area contributed by atoms with E-state index >= 15 is 0 Å². The van der Waals surface area contributed by atoms with E-state index < -0.39 is 4.92 Å². The summed E-state index contributed by atoms with van der Waals surface area (Å²) in [4.78, 5) is 21.5. The molecule has 0 atom stereocenters. The van der Waals surface area contributed by atoms with E-state index in [0.29, 0.717) is 17.1 Å². The molecule has 30 heavy (non-hydrogen) atoms. The third-order valence-electron chi connectivity index (χ3n) is 4.83. The third kappa shape index (κ3) is 4.14. The lowest BCUT2D eigenvalue weighted by molar-refractivity contribution is -0.385. The molecule has 4 rings (SSSR count). The highest BCUT2D eigenvalue weighted by molar-refractivity contribution is 5.96. The van der Waals surface area contributed by atoms with Crippen LogP contribution in [0.2, 0.25) is 0 Å². The molecule has 0 amide bonds. The average molecular weight is 401 g/mol. The van der Waals surface area contributed by atoms with Gasteiger partial charge in [-0.05, 0) is 23.6 Å². The van der Waals surface area contributed by atoms with Crippen LogP contribution in [0, 0.1) is 10.1 Å². The number of amidine groups is 1. The van der Waals surface area contributed by atoms with E-state index in [4.69, 9.17) is 5.73 Å². The van der Waals surface area contributed by atoms with Gasteiger partial charge in [0.15, 0.2) is 5.84 Å². The second-order valence-electron chi connectivity index (χ2n) is 6.75. The number of benzene rings is 2. The summed E-state index contributed by atoms with van der Waals surface area (Å²) in [6.07, 6.45) is 5.44. The number of nitrogens with two attached hydrogens (primary N) is 1. The number of hydrogen-bond donors (Lipinski definition) is 1. The quantitative estimate of drug-likeness (QED) is 0.303. The highest BCUT2D eigenvalue weighted by Crippen LogP contribution is 2.22. The van der Waals surface area contributed by atoms with E-state index in [-0.39, 0.29) is 11.5 Å². The lowest BCUT2D eigenvalue weighted by Crippen LogP contribution is -2.31. The molecule has 9 nitrogen and oxygen atoms in total. The van der Waals surface area contributed by atoms with Crippen molar-refractivity contribution in [3.8, 4) is 0 Å². The van der Waals surface area contributed by atoms with Crippen LogP contribution in [-0.4, -0.2) is 33.5 Å². The molecule has 0 fully saturated rings. The molecular weight excluding hydrogens is 382 g/mol. The van der Waals surface area contributed by atoms with Gasteiger partial charge in [-0.15, -0.1) is 5.10 Å². The maximum Gasteiger partial charge on any atom is 0.278 e. The molecule has 150 valence electrons. The van der Waals surface area contributed by atoms with E-state index in [1.807, 2.05) is 6.07 Å². The first kappa shape index (κ1) is 19.2. The summed E-state index contributed by atoms with van der Waals surface area (Å²) < 4.78 is 0. The van der Waals surface area contributed by atoms with Gasteiger partial charge >= 0.3 is 0 Å². The zero-order valence-electron chi connectivity index (χ0n) is 16.0. The van der Waals surface area contributed by atoms with Crippen LogP contribution >= 0.6 is 0 Å². The maximum atomic E-state index is 11.1. The first-order valence-electron chi connectivity index (χ1n) is 9.36. The fourth-order valence-corrected chi connectivity index (χ4v) is 3.29. The summed E-state index contributed by atoms with van der Waals surface area (Å²) in [5.74, 6) is 0.791. The standard InChI is InChI=1S/C21H19N7O2/c22-21(26-24-11-16-6-3-4-8-19(16)28(29)30)18-12-23-13-20(25-18)27-10-9-15-5-1-2-7-17(15)14-27/h1-8,11-13H,9-10,14H2,(H2,22,26)/b24-11-. The molecule has 0 saturated carbocycles. The number of rotatable bonds is 5. The van der Waals surface area contributed by atoms with E-state index in [2.05, 4.69) is 43.3 Å². The number of aromatic nitrogens is 2. The highest BCUT2D eigenvalue weighted by Gasteiger charge is 2.18. The van der Waals surface area contributed by atoms with E-state index in [9.17, 15) is 10.1 Å². The van der Waals surface area contributed by atoms with Gasteiger partial charge in [-0.25, -0.2) is 4.98 Å². The van der Waals surface area contributed by atoms with Crippen molar-refractivity contribution in [2.45, 2.75) is 13.0 Å². The van der Waals surface area contributed by atoms with Crippen molar-refractivity contribution in [1.82, 2.24) is 9.97 Å². The van der Waals surface area contributed by atoms with Crippen molar-refractivity contribution in [1.29, 1.82) is 0 Å². The average Bonchev–Trinajstić information content (AvgIpc) is 2.79. The molecule has 0 radical (unpaired) electrons. The first-order valence-corrected chi connectivity index (χ1v) is 9.36. The van der Waals surface area contributed by atoms with Gasteiger partial charge in [-0.3, -0.25) is 15.1 Å². The van der Waals surface area contributed by atoms with Crippen LogP contribution in [0.4, 0.5) is 11.5 Å². The molecule has 0 bridgehead atoms. The molecule has 2 heterocycles. The first-order chi connectivity index (χ1) is 14.6. The smallest absolute Gasteiger partial charge is 0.278 e. The summed E-state index contributed by atoms with van der Waals surface area (Å²) in [5, 5.41) is 18.9. The molecule has 1 aromatic heterocycles. The SMILES string of the molecule is N/C(=N\N=C/c1ccccc1[N+](=O)[O-])c1cncc(N2CCc3ccccc3C2)n1. The van der Waals surface area contributed by atoms with Crippen LogP contribution in [0.15, 0.2) is 71.1 Å². The minimum absolute atomic E-state index is 0.0535. The largest absolute Gasteiger partial charge is 0.380 e. The maximum absolute atomic E-state index is 11.1. The Bertz CT molecular complexity index is 1140. The van der Waals surface area contributed by atoms with Crippen molar-refractivity contribution in [2.75, 3.05) is 11.4 Å². The van der Waals surface area contributed by atoms with Crippen LogP contribution < -0.4 is 10.6 Å². The van der Waals surface area contributed by atoms with Gasteiger partial charge in [0.25, 0.3) is 5.69 Å². The highest BCUT2D eigenvalue weighted by atomic mass is 16.6. The molecule has 2 aromatic carbocycles. The Balaban J connectivity index is 1.52. The number of fused-ring (bicyclic) bond motifs is 1. The van der Waals surface area contributed by atoms with Crippen molar-refractivity contribution in [3.63, 3.8) is 0 Å². The minimum atomic E-state index is -0.472. The van der Waals surface area contributed by atoms with Gasteiger partial charge in [-0.2, -0.15) is 5.10 Å². The Morgan fingerprint density at radius 1 is 1.13 bits per heavy atom. The minimum Gasteiger partial charge on any atom is -0.380 e. The Labute approximate surface area is 172 Å². The fourth-order valence-electron chi connectivity index (χ4n) is 3.29. The van der Waals surface area contributed by atoms with Gasteiger partial charge in [0, 0.05) is 19.2 Å². The molecular formula is C21H19N7O2. The molecule has 1 aliphatic rings. The molecule has 0 saturated heterocycles. The second kappa shape index (κ2) is 8.48. The summed E-state index contributed by atoms with van der Waals surface area (Å²) in [6, 6.07) is 14.6. The summed E-state index contributed by atoms with van der Waals surface area (Å²) >= 11 is 0. The predicted octanol–water partition coefficient (Wildman–Crippen LogP) is 2.69. The number of nitrogens with zero attached hydrogens (tertiary/aromatic N) is 6. The van der Waals surface area contributed by atoms with Crippen LogP contribution in [0.3, 0.4) is 0 Å². The number of para-hydroxylation sites is 1. The molecule has 1 aliphatic heterocycles. The third-order valence-corrected chi connectivity index (χ3v) is 4.83. The predicted molar refractivity (Wildman–Crippen MR) is 115 cm³/mol. The Hall–Kier alpha value is -4.14. The lowest BCUT2D eigenvalue weighted by Gasteiger charge is -2.29. The molecule has 9 heteroatoms. The van der Waals surface area contributed by atoms with E-state index in [1.165, 1.54) is 29.6 Å². The molecule has 0 aliphatic carbocycles. The van der Waals surface area contributed by atoms with Crippen LogP contribution in [-0.2, 0) is 13.0 Å². The fraction of sp³-hybridized carbons (Fsp3) is 0.143. The van der Waals surface area contributed by atoms with Gasteiger partial charge in [0.05, 0.1) is 29.1 Å².